The van der Waals surface area contributed by atoms with Crippen molar-refractivity contribution in [3.8, 4) is 0 Å². The highest BCUT2D eigenvalue weighted by atomic mass is 35.5. The van der Waals surface area contributed by atoms with Gasteiger partial charge in [0.2, 0.25) is 5.89 Å². The quantitative estimate of drug-likeness (QED) is 0.752. The lowest BCUT2D eigenvalue weighted by Crippen LogP contribution is -2.09. The van der Waals surface area contributed by atoms with Gasteiger partial charge in [-0.1, -0.05) is 31.3 Å². The van der Waals surface area contributed by atoms with E-state index >= 15 is 0 Å². The van der Waals surface area contributed by atoms with Crippen molar-refractivity contribution in [2.24, 2.45) is 5.92 Å². The Kier molecular flexibility index (Phi) is 4.22. The van der Waals surface area contributed by atoms with E-state index in [9.17, 15) is 0 Å². The highest BCUT2D eigenvalue weighted by Gasteiger charge is 2.19. The number of alkyl halides is 1. The zero-order chi connectivity index (χ0) is 11.4. The molecule has 1 saturated carbocycles. The average Bonchev–Trinajstić information content (AvgIpc) is 2.78. The lowest BCUT2D eigenvalue weighted by molar-refractivity contribution is 0.303. The van der Waals surface area contributed by atoms with Gasteiger partial charge < -0.3 is 4.52 Å². The van der Waals surface area contributed by atoms with Gasteiger partial charge in [0, 0.05) is 6.42 Å². The Morgan fingerprint density at radius 3 is 2.81 bits per heavy atom. The highest BCUT2D eigenvalue weighted by molar-refractivity contribution is 6.20. The number of hydrogen-bond acceptors (Lipinski definition) is 3. The molecule has 1 unspecified atom stereocenters. The molecule has 0 radical (unpaired) electrons. The van der Waals surface area contributed by atoms with Crippen LogP contribution in [0, 0.1) is 5.92 Å². The van der Waals surface area contributed by atoms with Crippen LogP contribution in [0.2, 0.25) is 0 Å². The fourth-order valence-corrected chi connectivity index (χ4v) is 2.39. The largest absolute Gasteiger partial charge is 0.339 e. The maximum Gasteiger partial charge on any atom is 0.226 e. The Morgan fingerprint density at radius 2 is 2.12 bits per heavy atom. The summed E-state index contributed by atoms with van der Waals surface area (Å²) in [4.78, 5) is 4.37. The number of nitrogens with zero attached hydrogens (tertiary/aromatic N) is 2. The van der Waals surface area contributed by atoms with Crippen molar-refractivity contribution in [2.75, 3.05) is 0 Å². The fourth-order valence-electron chi connectivity index (χ4n) is 2.30. The third-order valence-corrected chi connectivity index (χ3v) is 3.81. The second kappa shape index (κ2) is 5.67. The van der Waals surface area contributed by atoms with Gasteiger partial charge in [-0.05, 0) is 25.2 Å². The monoisotopic (exact) mass is 242 g/mol. The van der Waals surface area contributed by atoms with Crippen LogP contribution in [0.1, 0.15) is 62.5 Å². The molecule has 1 fully saturated rings. The topological polar surface area (TPSA) is 38.9 Å². The molecule has 0 amide bonds. The van der Waals surface area contributed by atoms with Crippen LogP contribution in [-0.2, 0) is 6.42 Å². The molecule has 1 heterocycles. The van der Waals surface area contributed by atoms with Gasteiger partial charge >= 0.3 is 0 Å². The van der Waals surface area contributed by atoms with E-state index in [-0.39, 0.29) is 5.38 Å². The van der Waals surface area contributed by atoms with E-state index in [1.807, 2.05) is 6.92 Å². The van der Waals surface area contributed by atoms with Gasteiger partial charge in [-0.25, -0.2) is 0 Å². The zero-order valence-corrected chi connectivity index (χ0v) is 10.5. The lowest BCUT2D eigenvalue weighted by Gasteiger charge is -2.19. The number of hydrogen-bond donors (Lipinski definition) is 0. The van der Waals surface area contributed by atoms with E-state index in [1.54, 1.807) is 0 Å². The van der Waals surface area contributed by atoms with E-state index in [4.69, 9.17) is 16.1 Å². The van der Waals surface area contributed by atoms with Gasteiger partial charge in [0.1, 0.15) is 0 Å². The Bertz CT molecular complexity index is 321. The zero-order valence-electron chi connectivity index (χ0n) is 9.79. The van der Waals surface area contributed by atoms with Gasteiger partial charge in [0.05, 0.1) is 5.38 Å². The molecule has 1 aliphatic carbocycles. The summed E-state index contributed by atoms with van der Waals surface area (Å²) in [6.07, 6.45) is 8.44. The molecule has 90 valence electrons. The minimum Gasteiger partial charge on any atom is -0.339 e. The van der Waals surface area contributed by atoms with Gasteiger partial charge in [0.15, 0.2) is 5.82 Å². The number of rotatable bonds is 4. The normalized spacial score (nSPS) is 19.9. The molecule has 1 aromatic heterocycles. The summed E-state index contributed by atoms with van der Waals surface area (Å²) >= 11 is 6.06. The maximum absolute atomic E-state index is 6.06. The predicted molar refractivity (Wildman–Crippen MR) is 63.5 cm³/mol. The Labute approximate surface area is 102 Å². The summed E-state index contributed by atoms with van der Waals surface area (Å²) in [7, 11) is 0. The molecule has 0 aliphatic heterocycles. The van der Waals surface area contributed by atoms with E-state index in [0.29, 0.717) is 5.82 Å². The SMILES string of the molecule is CCC(Cl)c1noc(CC2CCCCC2)n1. The van der Waals surface area contributed by atoms with E-state index in [1.165, 1.54) is 32.1 Å². The summed E-state index contributed by atoms with van der Waals surface area (Å²) in [5, 5.41) is 3.83. The molecular weight excluding hydrogens is 224 g/mol. The average molecular weight is 243 g/mol. The molecule has 16 heavy (non-hydrogen) atoms. The minimum atomic E-state index is -0.108. The highest BCUT2D eigenvalue weighted by Crippen LogP contribution is 2.27. The summed E-state index contributed by atoms with van der Waals surface area (Å²) in [5.74, 6) is 2.15. The van der Waals surface area contributed by atoms with Crippen molar-refractivity contribution in [3.63, 3.8) is 0 Å². The summed E-state index contributed by atoms with van der Waals surface area (Å²) < 4.78 is 5.24. The maximum atomic E-state index is 6.06. The van der Waals surface area contributed by atoms with Crippen molar-refractivity contribution in [1.82, 2.24) is 10.1 Å². The molecule has 0 spiro atoms. The van der Waals surface area contributed by atoms with Gasteiger partial charge in [-0.3, -0.25) is 0 Å². The van der Waals surface area contributed by atoms with Crippen LogP contribution in [0.15, 0.2) is 4.52 Å². The minimum absolute atomic E-state index is 0.108. The van der Waals surface area contributed by atoms with Crippen LogP contribution >= 0.6 is 11.6 Å². The van der Waals surface area contributed by atoms with Crippen molar-refractivity contribution >= 4 is 11.6 Å². The standard InChI is InChI=1S/C12H19ClN2O/c1-2-10(13)12-14-11(16-15-12)8-9-6-4-3-5-7-9/h9-10H,2-8H2,1H3. The number of aromatic nitrogens is 2. The van der Waals surface area contributed by atoms with Crippen LogP contribution in [0.4, 0.5) is 0 Å². The van der Waals surface area contributed by atoms with Crippen molar-refractivity contribution in [2.45, 2.75) is 57.2 Å². The lowest BCUT2D eigenvalue weighted by atomic mass is 9.87. The Morgan fingerprint density at radius 1 is 1.38 bits per heavy atom. The molecule has 0 aromatic carbocycles. The van der Waals surface area contributed by atoms with Crippen LogP contribution in [-0.4, -0.2) is 10.1 Å². The molecule has 3 nitrogen and oxygen atoms in total. The van der Waals surface area contributed by atoms with Crippen LogP contribution in [0.5, 0.6) is 0 Å². The summed E-state index contributed by atoms with van der Waals surface area (Å²) in [6, 6.07) is 0. The first-order valence-electron chi connectivity index (χ1n) is 6.26. The molecule has 1 atom stereocenters. The third kappa shape index (κ3) is 2.97. The molecule has 1 aliphatic rings. The van der Waals surface area contributed by atoms with E-state index in [0.717, 1.165) is 24.7 Å². The van der Waals surface area contributed by atoms with Gasteiger partial charge in [0.25, 0.3) is 0 Å². The molecule has 0 bridgehead atoms. The summed E-state index contributed by atoms with van der Waals surface area (Å²) in [6.45, 7) is 2.02. The van der Waals surface area contributed by atoms with Crippen molar-refractivity contribution in [1.29, 1.82) is 0 Å². The molecule has 0 N–H and O–H groups in total. The van der Waals surface area contributed by atoms with Crippen LogP contribution in [0.25, 0.3) is 0 Å². The predicted octanol–water partition coefficient (Wildman–Crippen LogP) is 3.88. The molecule has 0 saturated heterocycles. The Hall–Kier alpha value is -0.570. The first kappa shape index (κ1) is 11.9. The molecule has 2 rings (SSSR count). The first-order valence-corrected chi connectivity index (χ1v) is 6.69. The van der Waals surface area contributed by atoms with Crippen molar-refractivity contribution < 1.29 is 4.52 Å². The van der Waals surface area contributed by atoms with E-state index in [2.05, 4.69) is 10.1 Å². The van der Waals surface area contributed by atoms with Crippen LogP contribution < -0.4 is 0 Å². The van der Waals surface area contributed by atoms with Gasteiger partial charge in [-0.15, -0.1) is 11.6 Å². The second-order valence-electron chi connectivity index (χ2n) is 4.63. The Balaban J connectivity index is 1.91. The number of halogens is 1. The third-order valence-electron chi connectivity index (χ3n) is 3.31. The first-order chi connectivity index (χ1) is 7.79. The van der Waals surface area contributed by atoms with Crippen molar-refractivity contribution in [3.05, 3.63) is 11.7 Å². The summed E-state index contributed by atoms with van der Waals surface area (Å²) in [5.41, 5.74) is 0. The molecule has 1 aromatic rings. The second-order valence-corrected chi connectivity index (χ2v) is 5.16. The molecule has 4 heteroatoms. The smallest absolute Gasteiger partial charge is 0.226 e. The molecular formula is C12H19ClN2O. The fraction of sp³-hybridized carbons (Fsp3) is 0.833. The van der Waals surface area contributed by atoms with E-state index < -0.39 is 0 Å². The van der Waals surface area contributed by atoms with Gasteiger partial charge in [-0.2, -0.15) is 4.98 Å². The van der Waals surface area contributed by atoms with Crippen LogP contribution in [0.3, 0.4) is 0 Å².